The van der Waals surface area contributed by atoms with E-state index < -0.39 is 16.1 Å². The smallest absolute Gasteiger partial charge is 0.218 e. The minimum absolute atomic E-state index is 0.0447. The molecule has 0 aromatic heterocycles. The van der Waals surface area contributed by atoms with Crippen LogP contribution >= 0.6 is 0 Å². The first-order valence-corrected chi connectivity index (χ1v) is 7.90. The number of sulfonamides is 1. The third-order valence-corrected chi connectivity index (χ3v) is 5.07. The van der Waals surface area contributed by atoms with E-state index in [0.29, 0.717) is 0 Å². The van der Waals surface area contributed by atoms with Crippen molar-refractivity contribution in [1.29, 1.82) is 0 Å². The summed E-state index contributed by atoms with van der Waals surface area (Å²) in [6.45, 7) is 5.57. The van der Waals surface area contributed by atoms with Gasteiger partial charge in [-0.05, 0) is 11.0 Å². The molecular formula is C14H23NO3S. The molecule has 0 aliphatic carbocycles. The molecule has 0 amide bonds. The Labute approximate surface area is 116 Å². The fourth-order valence-corrected chi connectivity index (χ4v) is 3.60. The second kappa shape index (κ2) is 6.03. The first kappa shape index (κ1) is 16.1. The molecule has 0 aliphatic rings. The van der Waals surface area contributed by atoms with E-state index in [1.165, 1.54) is 11.4 Å². The van der Waals surface area contributed by atoms with Gasteiger partial charge in [-0.2, -0.15) is 4.31 Å². The molecule has 19 heavy (non-hydrogen) atoms. The molecule has 1 aromatic rings. The van der Waals surface area contributed by atoms with Gasteiger partial charge in [-0.25, -0.2) is 8.42 Å². The maximum atomic E-state index is 12.4. The molecule has 0 radical (unpaired) electrons. The summed E-state index contributed by atoms with van der Waals surface area (Å²) in [6, 6.07) is 8.63. The summed E-state index contributed by atoms with van der Waals surface area (Å²) in [7, 11) is -1.90. The second-order valence-electron chi connectivity index (χ2n) is 5.82. The van der Waals surface area contributed by atoms with Crippen molar-refractivity contribution in [2.75, 3.05) is 13.7 Å². The quantitative estimate of drug-likeness (QED) is 0.898. The van der Waals surface area contributed by atoms with Crippen LogP contribution in [0.15, 0.2) is 30.3 Å². The average molecular weight is 285 g/mol. The summed E-state index contributed by atoms with van der Waals surface area (Å²) in [5.41, 5.74) is 0.438. The zero-order valence-electron chi connectivity index (χ0n) is 12.0. The fourth-order valence-electron chi connectivity index (χ4n) is 2.01. The van der Waals surface area contributed by atoms with Crippen LogP contribution in [0, 0.1) is 5.41 Å². The highest BCUT2D eigenvalue weighted by atomic mass is 32.2. The lowest BCUT2D eigenvalue weighted by Gasteiger charge is -2.35. The van der Waals surface area contributed by atoms with E-state index in [0.717, 1.165) is 5.56 Å². The van der Waals surface area contributed by atoms with Gasteiger partial charge in [0.05, 0.1) is 18.4 Å². The molecule has 0 aliphatic heterocycles. The van der Waals surface area contributed by atoms with Crippen LogP contribution < -0.4 is 0 Å². The number of benzene rings is 1. The van der Waals surface area contributed by atoms with Crippen LogP contribution in [-0.4, -0.2) is 37.5 Å². The molecule has 0 saturated carbocycles. The van der Waals surface area contributed by atoms with Crippen LogP contribution in [0.25, 0.3) is 0 Å². The Morgan fingerprint density at radius 1 is 1.21 bits per heavy atom. The summed E-state index contributed by atoms with van der Waals surface area (Å²) in [6.07, 6.45) is 0. The molecule has 1 N–H and O–H groups in total. The van der Waals surface area contributed by atoms with Crippen molar-refractivity contribution < 1.29 is 13.5 Å². The maximum absolute atomic E-state index is 12.4. The van der Waals surface area contributed by atoms with E-state index in [-0.39, 0.29) is 17.8 Å². The second-order valence-corrected chi connectivity index (χ2v) is 7.85. The van der Waals surface area contributed by atoms with Gasteiger partial charge in [-0.15, -0.1) is 0 Å². The highest BCUT2D eigenvalue weighted by Gasteiger charge is 2.34. The first-order chi connectivity index (χ1) is 8.68. The monoisotopic (exact) mass is 285 g/mol. The molecule has 0 bridgehead atoms. The molecule has 1 atom stereocenters. The number of hydrogen-bond donors (Lipinski definition) is 1. The highest BCUT2D eigenvalue weighted by Crippen LogP contribution is 2.26. The van der Waals surface area contributed by atoms with Gasteiger partial charge in [0, 0.05) is 7.05 Å². The zero-order valence-corrected chi connectivity index (χ0v) is 12.8. The van der Waals surface area contributed by atoms with Crippen molar-refractivity contribution in [3.63, 3.8) is 0 Å². The molecule has 108 valence electrons. The van der Waals surface area contributed by atoms with E-state index in [1.807, 2.05) is 39.0 Å². The van der Waals surface area contributed by atoms with Crippen LogP contribution in [0.5, 0.6) is 0 Å². The summed E-state index contributed by atoms with van der Waals surface area (Å²) in [5, 5.41) is 9.46. The first-order valence-electron chi connectivity index (χ1n) is 6.29. The molecule has 1 unspecified atom stereocenters. The molecule has 1 rings (SSSR count). The van der Waals surface area contributed by atoms with E-state index in [9.17, 15) is 13.5 Å². The van der Waals surface area contributed by atoms with Crippen LogP contribution in [0.4, 0.5) is 0 Å². The van der Waals surface area contributed by atoms with Gasteiger partial charge in [0.15, 0.2) is 0 Å². The normalized spacial score (nSPS) is 14.6. The van der Waals surface area contributed by atoms with Crippen LogP contribution in [0.1, 0.15) is 26.3 Å². The number of aliphatic hydroxyl groups excluding tert-OH is 1. The zero-order chi connectivity index (χ0) is 14.7. The molecule has 0 spiro atoms. The number of likely N-dealkylation sites (N-methyl/N-ethyl adjacent to an activating group) is 1. The van der Waals surface area contributed by atoms with E-state index in [1.54, 1.807) is 12.1 Å². The predicted octanol–water partition coefficient (Wildman–Crippen LogP) is 1.86. The number of aliphatic hydroxyl groups is 1. The van der Waals surface area contributed by atoms with Gasteiger partial charge in [0.2, 0.25) is 10.0 Å². The third kappa shape index (κ3) is 4.30. The van der Waals surface area contributed by atoms with E-state index in [2.05, 4.69) is 0 Å². The summed E-state index contributed by atoms with van der Waals surface area (Å²) in [4.78, 5) is 0. The van der Waals surface area contributed by atoms with Gasteiger partial charge >= 0.3 is 0 Å². The fraction of sp³-hybridized carbons (Fsp3) is 0.571. The third-order valence-electron chi connectivity index (χ3n) is 3.24. The lowest BCUT2D eigenvalue weighted by Crippen LogP contribution is -2.47. The Bertz CT molecular complexity index is 491. The van der Waals surface area contributed by atoms with Crippen molar-refractivity contribution >= 4 is 10.0 Å². The van der Waals surface area contributed by atoms with Gasteiger partial charge in [-0.1, -0.05) is 51.1 Å². The van der Waals surface area contributed by atoms with Crippen molar-refractivity contribution in [2.24, 2.45) is 5.41 Å². The number of rotatable bonds is 5. The minimum atomic E-state index is -3.43. The Kier molecular flexibility index (Phi) is 5.12. The summed E-state index contributed by atoms with van der Waals surface area (Å²) >= 11 is 0. The highest BCUT2D eigenvalue weighted by molar-refractivity contribution is 7.88. The Balaban J connectivity index is 2.94. The molecule has 4 nitrogen and oxygen atoms in total. The average Bonchev–Trinajstić information content (AvgIpc) is 2.28. The van der Waals surface area contributed by atoms with Crippen LogP contribution in [0.3, 0.4) is 0 Å². The van der Waals surface area contributed by atoms with Gasteiger partial charge in [0.1, 0.15) is 0 Å². The van der Waals surface area contributed by atoms with E-state index >= 15 is 0 Å². The SMILES string of the molecule is CN(C(CO)C(C)(C)C)S(=O)(=O)Cc1ccccc1. The van der Waals surface area contributed by atoms with Crippen molar-refractivity contribution in [2.45, 2.75) is 32.6 Å². The lowest BCUT2D eigenvalue weighted by molar-refractivity contribution is 0.115. The van der Waals surface area contributed by atoms with Gasteiger partial charge in [-0.3, -0.25) is 0 Å². The van der Waals surface area contributed by atoms with E-state index in [4.69, 9.17) is 0 Å². The largest absolute Gasteiger partial charge is 0.395 e. The van der Waals surface area contributed by atoms with Crippen LogP contribution in [-0.2, 0) is 15.8 Å². The minimum Gasteiger partial charge on any atom is -0.395 e. The predicted molar refractivity (Wildman–Crippen MR) is 77.2 cm³/mol. The Morgan fingerprint density at radius 2 is 1.74 bits per heavy atom. The topological polar surface area (TPSA) is 57.6 Å². The van der Waals surface area contributed by atoms with Crippen LogP contribution in [0.2, 0.25) is 0 Å². The molecule has 0 fully saturated rings. The van der Waals surface area contributed by atoms with Gasteiger partial charge < -0.3 is 5.11 Å². The van der Waals surface area contributed by atoms with Gasteiger partial charge in [0.25, 0.3) is 0 Å². The molecule has 0 heterocycles. The lowest BCUT2D eigenvalue weighted by atomic mass is 9.87. The molecule has 5 heteroatoms. The Hall–Kier alpha value is -0.910. The van der Waals surface area contributed by atoms with Crippen molar-refractivity contribution in [3.05, 3.63) is 35.9 Å². The Morgan fingerprint density at radius 3 is 2.16 bits per heavy atom. The molecular weight excluding hydrogens is 262 g/mol. The standard InChI is InChI=1S/C14H23NO3S/c1-14(2,3)13(10-16)15(4)19(17,18)11-12-8-6-5-7-9-12/h5-9,13,16H,10-11H2,1-4H3. The molecule has 0 saturated heterocycles. The maximum Gasteiger partial charge on any atom is 0.218 e. The summed E-state index contributed by atoms with van der Waals surface area (Å²) < 4.78 is 26.0. The number of nitrogens with zero attached hydrogens (tertiary/aromatic N) is 1. The number of hydrogen-bond acceptors (Lipinski definition) is 3. The summed E-state index contributed by atoms with van der Waals surface area (Å²) in [5.74, 6) is -0.0447. The van der Waals surface area contributed by atoms with Crippen molar-refractivity contribution in [1.82, 2.24) is 4.31 Å². The van der Waals surface area contributed by atoms with Crippen molar-refractivity contribution in [3.8, 4) is 0 Å². The molecule has 1 aromatic carbocycles.